The maximum absolute atomic E-state index is 13.2. The minimum absolute atomic E-state index is 0.0550. The Kier molecular flexibility index (Phi) is 12.0. The quantitative estimate of drug-likeness (QED) is 0.323. The first-order valence-electron chi connectivity index (χ1n) is 13.7. The fourth-order valence-electron chi connectivity index (χ4n) is 5.08. The van der Waals surface area contributed by atoms with Gasteiger partial charge in [0.05, 0.1) is 11.4 Å². The lowest BCUT2D eigenvalue weighted by Crippen LogP contribution is -2.47. The van der Waals surface area contributed by atoms with Crippen LogP contribution in [0.15, 0.2) is 41.4 Å². The fourth-order valence-corrected chi connectivity index (χ4v) is 5.08. The number of nitrogens with zero attached hydrogens (tertiary/aromatic N) is 2. The van der Waals surface area contributed by atoms with Gasteiger partial charge in [0.15, 0.2) is 0 Å². The van der Waals surface area contributed by atoms with Gasteiger partial charge in [-0.05, 0) is 43.1 Å². The molecular formula is C30H46N4O3. The van der Waals surface area contributed by atoms with Gasteiger partial charge in [0, 0.05) is 24.9 Å². The van der Waals surface area contributed by atoms with Crippen LogP contribution in [-0.2, 0) is 14.4 Å². The number of benzodiazepines with no additional fused rings is 1. The Morgan fingerprint density at radius 2 is 1.68 bits per heavy atom. The Balaban J connectivity index is 0.000000616. The molecule has 1 aliphatic heterocycles. The van der Waals surface area contributed by atoms with E-state index >= 15 is 0 Å². The number of rotatable bonds is 4. The monoisotopic (exact) mass is 510 g/mol. The van der Waals surface area contributed by atoms with Crippen molar-refractivity contribution in [2.75, 3.05) is 11.9 Å². The molecule has 1 unspecified atom stereocenters. The summed E-state index contributed by atoms with van der Waals surface area (Å²) in [6.07, 6.45) is 13.0. The van der Waals surface area contributed by atoms with Gasteiger partial charge in [-0.1, -0.05) is 83.7 Å². The van der Waals surface area contributed by atoms with Crippen molar-refractivity contribution in [3.63, 3.8) is 0 Å². The Bertz CT molecular complexity index is 951. The number of benzene rings is 1. The number of carbonyl (C=O) groups is 3. The second-order valence-corrected chi connectivity index (χ2v) is 11.3. The number of fused-ring (bicyclic) bond motifs is 1. The number of hydrogen-bond acceptors (Lipinski definition) is 4. The van der Waals surface area contributed by atoms with Crippen molar-refractivity contribution >= 4 is 29.6 Å². The first kappa shape index (κ1) is 30.3. The molecule has 0 spiro atoms. The molecule has 0 radical (unpaired) electrons. The van der Waals surface area contributed by atoms with E-state index in [1.165, 1.54) is 25.7 Å². The van der Waals surface area contributed by atoms with Gasteiger partial charge in [-0.15, -0.1) is 0 Å². The van der Waals surface area contributed by atoms with Gasteiger partial charge in [0.25, 0.3) is 5.91 Å². The van der Waals surface area contributed by atoms with E-state index in [4.69, 9.17) is 9.79 Å². The van der Waals surface area contributed by atoms with E-state index in [0.29, 0.717) is 12.3 Å². The van der Waals surface area contributed by atoms with E-state index in [0.717, 1.165) is 48.6 Å². The average molecular weight is 511 g/mol. The number of nitrogens with two attached hydrogens (primary N) is 1. The number of para-hydroxylation sites is 1. The predicted octanol–water partition coefficient (Wildman–Crippen LogP) is 5.38. The normalized spacial score (nSPS) is 20.8. The molecule has 1 heterocycles. The molecule has 1 saturated carbocycles. The summed E-state index contributed by atoms with van der Waals surface area (Å²) < 4.78 is 0. The second-order valence-electron chi connectivity index (χ2n) is 11.3. The van der Waals surface area contributed by atoms with E-state index in [1.807, 2.05) is 18.2 Å². The van der Waals surface area contributed by atoms with Crippen LogP contribution in [0.4, 0.5) is 5.69 Å². The van der Waals surface area contributed by atoms with Crippen LogP contribution >= 0.6 is 0 Å². The van der Waals surface area contributed by atoms with Crippen molar-refractivity contribution in [1.82, 2.24) is 5.32 Å². The number of primary amides is 1. The van der Waals surface area contributed by atoms with E-state index in [2.05, 4.69) is 57.0 Å². The van der Waals surface area contributed by atoms with Crippen molar-refractivity contribution in [1.29, 1.82) is 0 Å². The first-order valence-corrected chi connectivity index (χ1v) is 13.7. The molecule has 0 aromatic heterocycles. The summed E-state index contributed by atoms with van der Waals surface area (Å²) in [7, 11) is 1.79. The number of aliphatic imine (C=N–C) groups is 1. The Labute approximate surface area is 223 Å². The van der Waals surface area contributed by atoms with Crippen molar-refractivity contribution in [2.45, 2.75) is 91.6 Å². The van der Waals surface area contributed by atoms with Crippen molar-refractivity contribution in [3.8, 4) is 0 Å². The molecular weight excluding hydrogens is 464 g/mol. The zero-order valence-electron chi connectivity index (χ0n) is 23.3. The lowest BCUT2D eigenvalue weighted by atomic mass is 9.84. The van der Waals surface area contributed by atoms with E-state index in [-0.39, 0.29) is 23.6 Å². The molecule has 3 amide bonds. The van der Waals surface area contributed by atoms with Crippen molar-refractivity contribution < 1.29 is 14.4 Å². The third kappa shape index (κ3) is 9.13. The third-order valence-corrected chi connectivity index (χ3v) is 6.89. The highest BCUT2D eigenvalue weighted by Gasteiger charge is 2.35. The molecule has 1 atom stereocenters. The molecule has 1 aromatic rings. The van der Waals surface area contributed by atoms with E-state index in [9.17, 15) is 9.59 Å². The Hall–Kier alpha value is -2.96. The van der Waals surface area contributed by atoms with Gasteiger partial charge in [-0.2, -0.15) is 0 Å². The van der Waals surface area contributed by atoms with Gasteiger partial charge in [-0.25, -0.2) is 0 Å². The fraction of sp³-hybridized carbons (Fsp3) is 0.600. The summed E-state index contributed by atoms with van der Waals surface area (Å²) in [4.78, 5) is 41.3. The SMILES string of the molecule is CC(C)C.CN1C(=O)C(NC(=O)CC2(C)CC=CC2)N=C(C2CCCCCC2)c2ccccc21.NC=O. The molecule has 7 heteroatoms. The van der Waals surface area contributed by atoms with Gasteiger partial charge in [0.2, 0.25) is 18.5 Å². The summed E-state index contributed by atoms with van der Waals surface area (Å²) in [5.41, 5.74) is 7.02. The number of likely N-dealkylation sites (N-methyl/N-ethyl adjacent to an activating group) is 1. The third-order valence-electron chi connectivity index (χ3n) is 6.89. The number of allylic oxidation sites excluding steroid dienone is 2. The average Bonchev–Trinajstić information content (AvgIpc) is 3.04. The van der Waals surface area contributed by atoms with E-state index < -0.39 is 6.17 Å². The highest BCUT2D eigenvalue weighted by Crippen LogP contribution is 2.36. The zero-order chi connectivity index (χ0) is 27.4. The van der Waals surface area contributed by atoms with Gasteiger partial charge < -0.3 is 16.0 Å². The van der Waals surface area contributed by atoms with Crippen LogP contribution in [0.2, 0.25) is 0 Å². The zero-order valence-corrected chi connectivity index (χ0v) is 23.3. The molecule has 3 N–H and O–H groups in total. The summed E-state index contributed by atoms with van der Waals surface area (Å²) in [5, 5.41) is 2.97. The van der Waals surface area contributed by atoms with Crippen LogP contribution in [0.3, 0.4) is 0 Å². The van der Waals surface area contributed by atoms with E-state index in [1.54, 1.807) is 11.9 Å². The lowest BCUT2D eigenvalue weighted by molar-refractivity contribution is -0.128. The molecule has 4 rings (SSSR count). The molecule has 1 fully saturated rings. The highest BCUT2D eigenvalue weighted by molar-refractivity contribution is 6.13. The minimum atomic E-state index is -0.855. The van der Waals surface area contributed by atoms with Crippen LogP contribution in [0.5, 0.6) is 0 Å². The standard InChI is InChI=1S/C25H33N3O2.C4H10.CH3NO/c1-25(15-9-10-16-25)17-21(29)26-23-24(30)28(2)20-14-8-7-13-19(20)22(27-23)18-11-5-3-4-6-12-18;1-4(2)3;2-1-3/h7-10,13-14,18,23H,3-6,11-12,15-17H2,1-2H3,(H,26,29);4H,1-3H3;1H,(H2,2,3). The van der Waals surface area contributed by atoms with Crippen molar-refractivity contribution in [2.24, 2.45) is 28.0 Å². The molecule has 7 nitrogen and oxygen atoms in total. The number of carbonyl (C=O) groups excluding carboxylic acids is 3. The summed E-state index contributed by atoms with van der Waals surface area (Å²) >= 11 is 0. The molecule has 37 heavy (non-hydrogen) atoms. The number of hydrogen-bond donors (Lipinski definition) is 2. The maximum atomic E-state index is 13.2. The van der Waals surface area contributed by atoms with Crippen molar-refractivity contribution in [3.05, 3.63) is 42.0 Å². The molecule has 1 aromatic carbocycles. The number of anilines is 1. The molecule has 0 saturated heterocycles. The van der Waals surface area contributed by atoms with Crippen LogP contribution in [0.1, 0.15) is 91.0 Å². The van der Waals surface area contributed by atoms with Gasteiger partial charge in [0.1, 0.15) is 0 Å². The molecule has 0 bridgehead atoms. The second kappa shape index (κ2) is 14.7. The minimum Gasteiger partial charge on any atom is -0.372 e. The Morgan fingerprint density at radius 1 is 1.14 bits per heavy atom. The summed E-state index contributed by atoms with van der Waals surface area (Å²) in [6, 6.07) is 8.02. The lowest BCUT2D eigenvalue weighted by Gasteiger charge is -2.25. The number of amides is 3. The topological polar surface area (TPSA) is 105 Å². The highest BCUT2D eigenvalue weighted by atomic mass is 16.2. The predicted molar refractivity (Wildman–Crippen MR) is 151 cm³/mol. The van der Waals surface area contributed by atoms with Gasteiger partial charge >= 0.3 is 0 Å². The van der Waals surface area contributed by atoms with Crippen LogP contribution in [0, 0.1) is 17.3 Å². The molecule has 3 aliphatic rings. The largest absolute Gasteiger partial charge is 0.372 e. The Morgan fingerprint density at radius 3 is 2.24 bits per heavy atom. The molecule has 204 valence electrons. The van der Waals surface area contributed by atoms with Crippen LogP contribution in [0.25, 0.3) is 0 Å². The summed E-state index contributed by atoms with van der Waals surface area (Å²) in [5.74, 6) is 0.904. The van der Waals surface area contributed by atoms with Crippen LogP contribution in [-0.4, -0.2) is 37.1 Å². The summed E-state index contributed by atoms with van der Waals surface area (Å²) in [6.45, 7) is 8.63. The smallest absolute Gasteiger partial charge is 0.272 e. The van der Waals surface area contributed by atoms with Gasteiger partial charge in [-0.3, -0.25) is 19.4 Å². The number of nitrogens with one attached hydrogen (secondary N) is 1. The maximum Gasteiger partial charge on any atom is 0.272 e. The van der Waals surface area contributed by atoms with Crippen LogP contribution < -0.4 is 16.0 Å². The molecule has 2 aliphatic carbocycles. The first-order chi connectivity index (χ1) is 17.6.